The summed E-state index contributed by atoms with van der Waals surface area (Å²) >= 11 is 2.13. The normalized spacial score (nSPS) is 32.3. The zero-order valence-electron chi connectivity index (χ0n) is 12.3. The van der Waals surface area contributed by atoms with E-state index in [2.05, 4.69) is 30.3 Å². The van der Waals surface area contributed by atoms with E-state index in [4.69, 9.17) is 0 Å². The van der Waals surface area contributed by atoms with E-state index >= 15 is 0 Å². The first-order valence-electron chi connectivity index (χ1n) is 8.06. The van der Waals surface area contributed by atoms with Gasteiger partial charge in [0.05, 0.1) is 0 Å². The first kappa shape index (κ1) is 14.7. The number of rotatable bonds is 5. The number of hydrogen-bond acceptors (Lipinski definition) is 2. The molecule has 0 amide bonds. The van der Waals surface area contributed by atoms with Gasteiger partial charge in [0, 0.05) is 17.3 Å². The van der Waals surface area contributed by atoms with Crippen molar-refractivity contribution in [1.82, 2.24) is 5.32 Å². The molecule has 0 aromatic rings. The standard InChI is InChI=1S/C16H31NS/c1-3-14-8-7-9-15(12-14)17-13-16(18-2)10-5-4-6-11-16/h14-15,17H,3-13H2,1-2H3. The molecule has 2 heteroatoms. The monoisotopic (exact) mass is 269 g/mol. The van der Waals surface area contributed by atoms with E-state index in [1.165, 1.54) is 70.8 Å². The lowest BCUT2D eigenvalue weighted by molar-refractivity contribution is 0.264. The van der Waals surface area contributed by atoms with Crippen LogP contribution in [0.15, 0.2) is 0 Å². The largest absolute Gasteiger partial charge is 0.313 e. The van der Waals surface area contributed by atoms with Crippen molar-refractivity contribution in [1.29, 1.82) is 0 Å². The first-order chi connectivity index (χ1) is 8.78. The highest BCUT2D eigenvalue weighted by atomic mass is 32.2. The minimum atomic E-state index is 0.567. The Morgan fingerprint density at radius 2 is 1.89 bits per heavy atom. The maximum atomic E-state index is 3.93. The van der Waals surface area contributed by atoms with Crippen molar-refractivity contribution in [2.24, 2.45) is 5.92 Å². The highest BCUT2D eigenvalue weighted by molar-refractivity contribution is 8.00. The lowest BCUT2D eigenvalue weighted by Gasteiger charge is -2.38. The Labute approximate surface area is 118 Å². The van der Waals surface area contributed by atoms with E-state index in [1.54, 1.807) is 0 Å². The van der Waals surface area contributed by atoms with E-state index < -0.39 is 0 Å². The van der Waals surface area contributed by atoms with Crippen LogP contribution in [0.3, 0.4) is 0 Å². The molecule has 0 aromatic carbocycles. The van der Waals surface area contributed by atoms with Crippen LogP contribution < -0.4 is 5.32 Å². The molecule has 0 heterocycles. The molecule has 0 saturated heterocycles. The SMILES string of the molecule is CCC1CCCC(NCC2(SC)CCCCC2)C1. The van der Waals surface area contributed by atoms with Crippen LogP contribution in [0.1, 0.15) is 71.1 Å². The summed E-state index contributed by atoms with van der Waals surface area (Å²) in [5, 5.41) is 3.93. The highest BCUT2D eigenvalue weighted by Gasteiger charge is 2.32. The Kier molecular flexibility index (Phi) is 5.88. The quantitative estimate of drug-likeness (QED) is 0.782. The third kappa shape index (κ3) is 3.90. The molecule has 2 saturated carbocycles. The van der Waals surface area contributed by atoms with Gasteiger partial charge in [0.2, 0.25) is 0 Å². The summed E-state index contributed by atoms with van der Waals surface area (Å²) in [4.78, 5) is 0. The van der Waals surface area contributed by atoms with Crippen LogP contribution in [-0.2, 0) is 0 Å². The van der Waals surface area contributed by atoms with Gasteiger partial charge >= 0.3 is 0 Å². The molecule has 2 unspecified atom stereocenters. The number of thioether (sulfide) groups is 1. The van der Waals surface area contributed by atoms with Gasteiger partial charge in [-0.3, -0.25) is 0 Å². The molecule has 2 aliphatic carbocycles. The minimum Gasteiger partial charge on any atom is -0.313 e. The molecule has 18 heavy (non-hydrogen) atoms. The fourth-order valence-corrected chi connectivity index (χ4v) is 4.75. The fraction of sp³-hybridized carbons (Fsp3) is 1.00. The molecule has 0 spiro atoms. The van der Waals surface area contributed by atoms with E-state index in [9.17, 15) is 0 Å². The van der Waals surface area contributed by atoms with Gasteiger partial charge in [0.15, 0.2) is 0 Å². The smallest absolute Gasteiger partial charge is 0.0281 e. The predicted octanol–water partition coefficient (Wildman–Crippen LogP) is 4.61. The van der Waals surface area contributed by atoms with E-state index in [-0.39, 0.29) is 0 Å². The van der Waals surface area contributed by atoms with Crippen LogP contribution in [0.5, 0.6) is 0 Å². The second kappa shape index (κ2) is 7.19. The molecule has 2 atom stereocenters. The van der Waals surface area contributed by atoms with Crippen molar-refractivity contribution in [3.63, 3.8) is 0 Å². The molecule has 106 valence electrons. The maximum Gasteiger partial charge on any atom is 0.0281 e. The zero-order chi connectivity index (χ0) is 12.8. The molecule has 0 radical (unpaired) electrons. The predicted molar refractivity (Wildman–Crippen MR) is 83.4 cm³/mol. The van der Waals surface area contributed by atoms with Crippen LogP contribution >= 0.6 is 11.8 Å². The summed E-state index contributed by atoms with van der Waals surface area (Å²) in [6, 6.07) is 0.814. The second-order valence-corrected chi connectivity index (χ2v) is 7.74. The summed E-state index contributed by atoms with van der Waals surface area (Å²) in [5.74, 6) is 0.993. The molecule has 0 bridgehead atoms. The van der Waals surface area contributed by atoms with Gasteiger partial charge in [-0.25, -0.2) is 0 Å². The minimum absolute atomic E-state index is 0.567. The molecule has 2 rings (SSSR count). The Bertz CT molecular complexity index is 235. The van der Waals surface area contributed by atoms with Crippen LogP contribution in [0.25, 0.3) is 0 Å². The third-order valence-electron chi connectivity index (χ3n) is 5.27. The molecular weight excluding hydrogens is 238 g/mol. The van der Waals surface area contributed by atoms with Crippen LogP contribution in [0, 0.1) is 5.92 Å². The summed E-state index contributed by atoms with van der Waals surface area (Å²) in [6.07, 6.45) is 16.7. The number of hydrogen-bond donors (Lipinski definition) is 1. The summed E-state index contributed by atoms with van der Waals surface area (Å²) in [6.45, 7) is 3.62. The van der Waals surface area contributed by atoms with E-state index in [0.29, 0.717) is 4.75 Å². The number of nitrogens with one attached hydrogen (secondary N) is 1. The molecule has 2 fully saturated rings. The van der Waals surface area contributed by atoms with Crippen LogP contribution in [0.2, 0.25) is 0 Å². The van der Waals surface area contributed by atoms with Crippen molar-refractivity contribution in [3.05, 3.63) is 0 Å². The van der Waals surface area contributed by atoms with Gasteiger partial charge in [0.25, 0.3) is 0 Å². The maximum absolute atomic E-state index is 3.93. The molecule has 2 aliphatic rings. The Morgan fingerprint density at radius 3 is 2.56 bits per heavy atom. The topological polar surface area (TPSA) is 12.0 Å². The van der Waals surface area contributed by atoms with Gasteiger partial charge < -0.3 is 5.32 Å². The second-order valence-electron chi connectivity index (χ2n) is 6.47. The van der Waals surface area contributed by atoms with Crippen molar-refractivity contribution in [2.75, 3.05) is 12.8 Å². The fourth-order valence-electron chi connectivity index (χ4n) is 3.83. The van der Waals surface area contributed by atoms with Crippen molar-refractivity contribution < 1.29 is 0 Å². The van der Waals surface area contributed by atoms with Gasteiger partial charge in [-0.2, -0.15) is 11.8 Å². The Balaban J connectivity index is 1.78. The van der Waals surface area contributed by atoms with Crippen LogP contribution in [0.4, 0.5) is 0 Å². The third-order valence-corrected chi connectivity index (χ3v) is 6.69. The molecule has 0 aliphatic heterocycles. The Hall–Kier alpha value is 0.310. The average Bonchev–Trinajstić information content (AvgIpc) is 2.46. The zero-order valence-corrected chi connectivity index (χ0v) is 13.2. The van der Waals surface area contributed by atoms with Gasteiger partial charge in [-0.15, -0.1) is 0 Å². The average molecular weight is 269 g/mol. The summed E-state index contributed by atoms with van der Waals surface area (Å²) < 4.78 is 0.567. The highest BCUT2D eigenvalue weighted by Crippen LogP contribution is 2.38. The van der Waals surface area contributed by atoms with Crippen LogP contribution in [-0.4, -0.2) is 23.6 Å². The van der Waals surface area contributed by atoms with Gasteiger partial charge in [0.1, 0.15) is 0 Å². The first-order valence-corrected chi connectivity index (χ1v) is 9.29. The van der Waals surface area contributed by atoms with E-state index in [0.717, 1.165) is 12.0 Å². The lowest BCUT2D eigenvalue weighted by Crippen LogP contribution is -2.45. The molecule has 1 N–H and O–H groups in total. The van der Waals surface area contributed by atoms with Gasteiger partial charge in [-0.05, 0) is 37.9 Å². The van der Waals surface area contributed by atoms with Crippen molar-refractivity contribution >= 4 is 11.8 Å². The molecule has 0 aromatic heterocycles. The van der Waals surface area contributed by atoms with Crippen molar-refractivity contribution in [3.8, 4) is 0 Å². The lowest BCUT2D eigenvalue weighted by atomic mass is 9.83. The molecule has 1 nitrogen and oxygen atoms in total. The van der Waals surface area contributed by atoms with Crippen molar-refractivity contribution in [2.45, 2.75) is 81.9 Å². The Morgan fingerprint density at radius 1 is 1.11 bits per heavy atom. The summed E-state index contributed by atoms with van der Waals surface area (Å²) in [5.41, 5.74) is 0. The van der Waals surface area contributed by atoms with Gasteiger partial charge in [-0.1, -0.05) is 45.4 Å². The van der Waals surface area contributed by atoms with E-state index in [1.807, 2.05) is 0 Å². The molecular formula is C16H31NS. The summed E-state index contributed by atoms with van der Waals surface area (Å²) in [7, 11) is 0.